The third kappa shape index (κ3) is 4.90. The molecule has 3 heterocycles. The first kappa shape index (κ1) is 29.0. The molecule has 1 spiro atoms. The van der Waals surface area contributed by atoms with E-state index in [1.807, 2.05) is 12.1 Å². The first-order valence-corrected chi connectivity index (χ1v) is 13.4. The maximum absolute atomic E-state index is 13.9. The number of halogens is 3. The summed E-state index contributed by atoms with van der Waals surface area (Å²) in [5, 5.41) is 44.9. The highest BCUT2D eigenvalue weighted by molar-refractivity contribution is 6.07. The van der Waals surface area contributed by atoms with E-state index in [9.17, 15) is 33.3 Å². The summed E-state index contributed by atoms with van der Waals surface area (Å²) >= 11 is 0. The third-order valence-corrected chi connectivity index (χ3v) is 7.92. The molecule has 0 aliphatic carbocycles. The highest BCUT2D eigenvalue weighted by Gasteiger charge is 2.62. The topological polar surface area (TPSA) is 148 Å². The molecule has 11 nitrogen and oxygen atoms in total. The Hall–Kier alpha value is -4.08. The number of fused-ring (bicyclic) bond motifs is 1. The van der Waals surface area contributed by atoms with Crippen LogP contribution >= 0.6 is 0 Å². The van der Waals surface area contributed by atoms with Crippen LogP contribution in [-0.2, 0) is 9.47 Å². The third-order valence-electron chi connectivity index (χ3n) is 7.92. The Bertz CT molecular complexity index is 1660. The fourth-order valence-corrected chi connectivity index (χ4v) is 5.77. The van der Waals surface area contributed by atoms with Gasteiger partial charge in [-0.3, -0.25) is 4.79 Å². The van der Waals surface area contributed by atoms with E-state index in [2.05, 4.69) is 15.6 Å². The zero-order valence-corrected chi connectivity index (χ0v) is 22.7. The van der Waals surface area contributed by atoms with Crippen molar-refractivity contribution >= 4 is 16.7 Å². The molecule has 226 valence electrons. The van der Waals surface area contributed by atoms with E-state index in [-0.39, 0.29) is 24.3 Å². The molecule has 0 bridgehead atoms. The highest BCUT2D eigenvalue weighted by Crippen LogP contribution is 2.43. The number of methoxy groups -OCH3 is 1. The number of hydrogen-bond acceptors (Lipinski definition) is 9. The van der Waals surface area contributed by atoms with Gasteiger partial charge in [-0.15, -0.1) is 5.10 Å². The average Bonchev–Trinajstić information content (AvgIpc) is 3.65. The summed E-state index contributed by atoms with van der Waals surface area (Å²) in [6.07, 6.45) is -3.12. The minimum atomic E-state index is -1.93. The van der Waals surface area contributed by atoms with Gasteiger partial charge < -0.3 is 34.8 Å². The summed E-state index contributed by atoms with van der Waals surface area (Å²) in [4.78, 5) is 13.6. The fourth-order valence-electron chi connectivity index (χ4n) is 5.77. The van der Waals surface area contributed by atoms with Crippen LogP contribution in [0, 0.1) is 17.5 Å². The number of hydrogen-bond donors (Lipinski definition) is 4. The molecular formula is C29H27F3N4O7. The summed E-state index contributed by atoms with van der Waals surface area (Å²) in [7, 11) is 1.48. The van der Waals surface area contributed by atoms with E-state index in [0.29, 0.717) is 16.7 Å². The van der Waals surface area contributed by atoms with E-state index in [1.54, 1.807) is 24.3 Å². The number of nitrogens with zero attached hydrogens (tertiary/aromatic N) is 3. The normalized spacial score (nSPS) is 27.1. The zero-order chi connectivity index (χ0) is 30.5. The second kappa shape index (κ2) is 11.2. The number of aromatic nitrogens is 3. The van der Waals surface area contributed by atoms with Gasteiger partial charge in [-0.1, -0.05) is 29.5 Å². The molecule has 6 atom stereocenters. The first-order chi connectivity index (χ1) is 20.7. The number of carbonyl (C=O) groups excluding carboxylic acids is 1. The minimum Gasteiger partial charge on any atom is -0.497 e. The summed E-state index contributed by atoms with van der Waals surface area (Å²) in [6, 6.07) is 9.77. The molecule has 3 aromatic carbocycles. The van der Waals surface area contributed by atoms with Gasteiger partial charge in [0.15, 0.2) is 17.5 Å². The van der Waals surface area contributed by atoms with Crippen molar-refractivity contribution in [2.75, 3.05) is 20.3 Å². The van der Waals surface area contributed by atoms with E-state index in [0.717, 1.165) is 22.2 Å². The number of aliphatic hydroxyl groups excluding tert-OH is 3. The van der Waals surface area contributed by atoms with Crippen LogP contribution in [0.1, 0.15) is 22.8 Å². The molecule has 43 heavy (non-hydrogen) atoms. The van der Waals surface area contributed by atoms with Gasteiger partial charge in [0.1, 0.15) is 35.8 Å². The molecule has 1 aromatic heterocycles. The molecule has 0 unspecified atom stereocenters. The maximum atomic E-state index is 13.9. The van der Waals surface area contributed by atoms with Crippen molar-refractivity contribution in [2.24, 2.45) is 0 Å². The molecule has 1 amide bonds. The molecule has 4 aromatic rings. The number of amides is 1. The molecule has 0 saturated carbocycles. The van der Waals surface area contributed by atoms with Crippen LogP contribution in [0.5, 0.6) is 5.75 Å². The average molecular weight is 601 g/mol. The van der Waals surface area contributed by atoms with Gasteiger partial charge in [-0.2, -0.15) is 0 Å². The Kier molecular flexibility index (Phi) is 7.56. The van der Waals surface area contributed by atoms with Crippen molar-refractivity contribution in [3.63, 3.8) is 0 Å². The molecule has 2 aliphatic rings. The predicted molar refractivity (Wildman–Crippen MR) is 143 cm³/mol. The van der Waals surface area contributed by atoms with Gasteiger partial charge >= 0.3 is 0 Å². The van der Waals surface area contributed by atoms with Crippen molar-refractivity contribution in [3.05, 3.63) is 77.7 Å². The van der Waals surface area contributed by atoms with Gasteiger partial charge in [-0.25, -0.2) is 17.9 Å². The van der Waals surface area contributed by atoms with Gasteiger partial charge in [0.05, 0.1) is 38.1 Å². The standard InChI is InChI=1S/C29H27F3N4O7/c1-41-16-8-14-4-2-3-5-17(14)18(11-16)28(40)33-23-6-7-42-29(23)27(39)25(26(38)22(13-37)43-29)36-12-21(34-35-36)15-9-19(30)24(32)20(31)10-15/h2-5,8-12,22-23,25-27,37-39H,6-7,13H2,1H3,(H,33,40)/t22-,23-,25+,26+,27-,29+/m1/s1. The predicted octanol–water partition coefficient (Wildman–Crippen LogP) is 2.09. The van der Waals surface area contributed by atoms with Gasteiger partial charge in [0.2, 0.25) is 5.79 Å². The van der Waals surface area contributed by atoms with Crippen LogP contribution in [0.2, 0.25) is 0 Å². The van der Waals surface area contributed by atoms with Gasteiger partial charge in [-0.05, 0) is 41.5 Å². The van der Waals surface area contributed by atoms with Crippen molar-refractivity contribution in [1.29, 1.82) is 0 Å². The molecule has 2 fully saturated rings. The lowest BCUT2D eigenvalue weighted by atomic mass is 9.86. The van der Waals surface area contributed by atoms with E-state index in [4.69, 9.17) is 14.2 Å². The van der Waals surface area contributed by atoms with Crippen LogP contribution in [0.4, 0.5) is 13.2 Å². The Morgan fingerprint density at radius 3 is 2.63 bits per heavy atom. The number of carbonyl (C=O) groups is 1. The quantitative estimate of drug-likeness (QED) is 0.244. The summed E-state index contributed by atoms with van der Waals surface area (Å²) < 4.78 is 59.5. The molecule has 0 radical (unpaired) electrons. The van der Waals surface area contributed by atoms with Crippen molar-refractivity contribution < 1.29 is 47.5 Å². The van der Waals surface area contributed by atoms with Crippen LogP contribution in [0.15, 0.2) is 54.7 Å². The number of aliphatic hydroxyl groups is 3. The summed E-state index contributed by atoms with van der Waals surface area (Å²) in [6.45, 7) is -0.634. The molecular weight excluding hydrogens is 573 g/mol. The van der Waals surface area contributed by atoms with Crippen molar-refractivity contribution in [1.82, 2.24) is 20.3 Å². The van der Waals surface area contributed by atoms with E-state index in [1.165, 1.54) is 13.3 Å². The van der Waals surface area contributed by atoms with Gasteiger partial charge in [0.25, 0.3) is 5.91 Å². The monoisotopic (exact) mass is 600 g/mol. The van der Waals surface area contributed by atoms with Crippen molar-refractivity contribution in [3.8, 4) is 17.0 Å². The second-order valence-electron chi connectivity index (χ2n) is 10.4. The molecule has 6 rings (SSSR count). The Labute approximate surface area is 242 Å². The molecule has 2 saturated heterocycles. The van der Waals surface area contributed by atoms with Crippen molar-refractivity contribution in [2.45, 2.75) is 42.6 Å². The SMILES string of the molecule is COc1cc(C(=O)N[C@@H]2CCO[C@]23O[C@H](CO)[C@H](O)[C@H](n2cc(-c4cc(F)c(F)c(F)c4)nn2)[C@H]3O)c2ccccc2c1. The number of benzene rings is 3. The zero-order valence-electron chi connectivity index (χ0n) is 22.7. The Balaban J connectivity index is 1.33. The summed E-state index contributed by atoms with van der Waals surface area (Å²) in [5.41, 5.74) is 0.0811. The van der Waals surface area contributed by atoms with Gasteiger partial charge in [0, 0.05) is 5.56 Å². The molecule has 2 aliphatic heterocycles. The fraction of sp³-hybridized carbons (Fsp3) is 0.345. The minimum absolute atomic E-state index is 0.0541. The smallest absolute Gasteiger partial charge is 0.252 e. The highest BCUT2D eigenvalue weighted by atomic mass is 19.2. The van der Waals surface area contributed by atoms with Crippen LogP contribution in [0.25, 0.3) is 22.0 Å². The Morgan fingerprint density at radius 2 is 1.91 bits per heavy atom. The lowest BCUT2D eigenvalue weighted by molar-refractivity contribution is -0.344. The lowest BCUT2D eigenvalue weighted by Crippen LogP contribution is -2.69. The number of ether oxygens (including phenoxy) is 3. The largest absolute Gasteiger partial charge is 0.497 e. The molecule has 4 N–H and O–H groups in total. The van der Waals surface area contributed by atoms with Crippen LogP contribution < -0.4 is 10.1 Å². The number of nitrogens with one attached hydrogen (secondary N) is 1. The van der Waals surface area contributed by atoms with E-state index >= 15 is 0 Å². The maximum Gasteiger partial charge on any atom is 0.252 e. The van der Waals surface area contributed by atoms with E-state index < -0.39 is 66.1 Å². The second-order valence-corrected chi connectivity index (χ2v) is 10.4. The lowest BCUT2D eigenvalue weighted by Gasteiger charge is -2.49. The number of rotatable bonds is 6. The van der Waals surface area contributed by atoms with Crippen LogP contribution in [0.3, 0.4) is 0 Å². The Morgan fingerprint density at radius 1 is 1.16 bits per heavy atom. The first-order valence-electron chi connectivity index (χ1n) is 13.4. The van der Waals surface area contributed by atoms with Crippen LogP contribution in [-0.4, -0.2) is 86.7 Å². The summed E-state index contributed by atoms with van der Waals surface area (Å²) in [5.74, 6) is -6.49. The molecule has 14 heteroatoms.